The fraction of sp³-hybridized carbons (Fsp3) is 0.200. The quantitative estimate of drug-likeness (QED) is 0.524. The zero-order chi connectivity index (χ0) is 21.3. The van der Waals surface area contributed by atoms with Gasteiger partial charge in [0, 0.05) is 35.2 Å². The van der Waals surface area contributed by atoms with E-state index in [9.17, 15) is 18.3 Å². The molecule has 0 aliphatic carbocycles. The molecule has 1 aromatic carbocycles. The monoisotopic (exact) mass is 414 g/mol. The lowest BCUT2D eigenvalue weighted by molar-refractivity contribution is -0.0368. The fourth-order valence-corrected chi connectivity index (χ4v) is 3.36. The summed E-state index contributed by atoms with van der Waals surface area (Å²) in [5.74, 6) is -2.19. The smallest absolute Gasteiger partial charge is 0.149 e. The maximum atomic E-state index is 14.6. The normalized spacial score (nSPS) is 14.4. The molecule has 0 amide bonds. The molecule has 4 rings (SSSR count). The second-order valence-electron chi connectivity index (χ2n) is 6.88. The Bertz CT molecular complexity index is 1160. The van der Waals surface area contributed by atoms with Gasteiger partial charge in [0.2, 0.25) is 0 Å². The predicted molar refractivity (Wildman–Crippen MR) is 100 cm³/mol. The van der Waals surface area contributed by atoms with Crippen LogP contribution < -0.4 is 0 Å². The van der Waals surface area contributed by atoms with Crippen LogP contribution in [0.1, 0.15) is 18.5 Å². The van der Waals surface area contributed by atoms with Gasteiger partial charge in [0.05, 0.1) is 25.0 Å². The van der Waals surface area contributed by atoms with Crippen molar-refractivity contribution in [3.8, 4) is 11.1 Å². The first kappa shape index (κ1) is 19.8. The fourth-order valence-electron chi connectivity index (χ4n) is 3.36. The second-order valence-corrected chi connectivity index (χ2v) is 6.88. The topological polar surface area (TPSA) is 81.6 Å². The summed E-state index contributed by atoms with van der Waals surface area (Å²) >= 11 is 0. The Morgan fingerprint density at radius 3 is 2.60 bits per heavy atom. The highest BCUT2D eigenvalue weighted by Crippen LogP contribution is 2.37. The van der Waals surface area contributed by atoms with E-state index in [1.165, 1.54) is 52.7 Å². The Hall–Kier alpha value is -3.53. The van der Waals surface area contributed by atoms with Crippen LogP contribution in [0.2, 0.25) is 0 Å². The highest BCUT2D eigenvalue weighted by Gasteiger charge is 2.40. The standard InChI is InChI=1S/C20H17F3N6O/c1-13(29-9-14(7-26-29)16-4-5-24-8-19(16)23)20(30,10-28-12-25-11-27-28)17-3-2-15(21)6-18(17)22/h2-9,11-13,30H,10H2,1H3/t13-,20-/m1/s1. The molecular formula is C20H17F3N6O. The summed E-state index contributed by atoms with van der Waals surface area (Å²) in [6, 6.07) is 3.63. The average molecular weight is 414 g/mol. The summed E-state index contributed by atoms with van der Waals surface area (Å²) < 4.78 is 44.9. The summed E-state index contributed by atoms with van der Waals surface area (Å²) in [4.78, 5) is 7.56. The molecule has 0 aliphatic heterocycles. The number of pyridine rings is 1. The van der Waals surface area contributed by atoms with Crippen LogP contribution in [0.5, 0.6) is 0 Å². The highest BCUT2D eigenvalue weighted by atomic mass is 19.1. The van der Waals surface area contributed by atoms with E-state index in [0.717, 1.165) is 12.3 Å². The van der Waals surface area contributed by atoms with Gasteiger partial charge in [-0.3, -0.25) is 9.67 Å². The van der Waals surface area contributed by atoms with Gasteiger partial charge in [0.25, 0.3) is 0 Å². The molecular weight excluding hydrogens is 397 g/mol. The van der Waals surface area contributed by atoms with E-state index in [-0.39, 0.29) is 17.7 Å². The van der Waals surface area contributed by atoms with Crippen LogP contribution in [-0.2, 0) is 12.1 Å². The van der Waals surface area contributed by atoms with E-state index >= 15 is 0 Å². The maximum absolute atomic E-state index is 14.6. The van der Waals surface area contributed by atoms with Gasteiger partial charge in [-0.05, 0) is 19.1 Å². The molecule has 0 aliphatic rings. The van der Waals surface area contributed by atoms with Gasteiger partial charge in [-0.25, -0.2) is 22.8 Å². The lowest BCUT2D eigenvalue weighted by Gasteiger charge is -2.34. The Morgan fingerprint density at radius 2 is 1.90 bits per heavy atom. The van der Waals surface area contributed by atoms with E-state index in [1.807, 2.05) is 0 Å². The Balaban J connectivity index is 1.76. The molecule has 1 N–H and O–H groups in total. The molecule has 0 unspecified atom stereocenters. The van der Waals surface area contributed by atoms with Gasteiger partial charge in [0.15, 0.2) is 0 Å². The van der Waals surface area contributed by atoms with E-state index in [4.69, 9.17) is 0 Å². The van der Waals surface area contributed by atoms with Gasteiger partial charge in [-0.1, -0.05) is 6.07 Å². The average Bonchev–Trinajstić information content (AvgIpc) is 3.39. The van der Waals surface area contributed by atoms with Crippen molar-refractivity contribution in [1.82, 2.24) is 29.5 Å². The first-order chi connectivity index (χ1) is 14.4. The second kappa shape index (κ2) is 7.71. The number of aromatic nitrogens is 6. The van der Waals surface area contributed by atoms with Crippen LogP contribution in [0.25, 0.3) is 11.1 Å². The minimum absolute atomic E-state index is 0.126. The summed E-state index contributed by atoms with van der Waals surface area (Å²) in [7, 11) is 0. The largest absolute Gasteiger partial charge is 0.381 e. The molecule has 0 fully saturated rings. The Kier molecular flexibility index (Phi) is 5.08. The molecule has 30 heavy (non-hydrogen) atoms. The van der Waals surface area contributed by atoms with Crippen LogP contribution in [0.4, 0.5) is 13.2 Å². The minimum Gasteiger partial charge on any atom is -0.381 e. The third-order valence-corrected chi connectivity index (χ3v) is 5.04. The number of hydrogen-bond donors (Lipinski definition) is 1. The van der Waals surface area contributed by atoms with Crippen LogP contribution in [0.15, 0.2) is 61.7 Å². The highest BCUT2D eigenvalue weighted by molar-refractivity contribution is 5.61. The lowest BCUT2D eigenvalue weighted by Crippen LogP contribution is -2.40. The van der Waals surface area contributed by atoms with Gasteiger partial charge >= 0.3 is 0 Å². The zero-order valence-electron chi connectivity index (χ0n) is 15.8. The molecule has 4 aromatic rings. The minimum atomic E-state index is -1.87. The Morgan fingerprint density at radius 1 is 1.07 bits per heavy atom. The Labute approximate surface area is 169 Å². The maximum Gasteiger partial charge on any atom is 0.149 e. The third kappa shape index (κ3) is 3.57. The van der Waals surface area contributed by atoms with Gasteiger partial charge in [0.1, 0.15) is 35.7 Å². The van der Waals surface area contributed by atoms with Crippen LogP contribution in [-0.4, -0.2) is 34.6 Å². The molecule has 0 bridgehead atoms. The van der Waals surface area contributed by atoms with E-state index in [2.05, 4.69) is 20.2 Å². The van der Waals surface area contributed by atoms with E-state index < -0.39 is 29.1 Å². The molecule has 0 saturated heterocycles. The summed E-state index contributed by atoms with van der Waals surface area (Å²) in [5, 5.41) is 19.8. The molecule has 3 aromatic heterocycles. The molecule has 2 atom stereocenters. The lowest BCUT2D eigenvalue weighted by atomic mass is 9.86. The van der Waals surface area contributed by atoms with Crippen LogP contribution >= 0.6 is 0 Å². The van der Waals surface area contributed by atoms with Crippen LogP contribution in [0, 0.1) is 17.5 Å². The molecule has 10 heteroatoms. The van der Waals surface area contributed by atoms with Crippen molar-refractivity contribution in [3.63, 3.8) is 0 Å². The molecule has 3 heterocycles. The first-order valence-corrected chi connectivity index (χ1v) is 9.03. The SMILES string of the molecule is C[C@@H](n1cc(-c2ccncc2F)cn1)[C@](O)(Cn1cncn1)c1ccc(F)cc1F. The van der Waals surface area contributed by atoms with Gasteiger partial charge in [-0.15, -0.1) is 0 Å². The van der Waals surface area contributed by atoms with Crippen molar-refractivity contribution in [2.75, 3.05) is 0 Å². The predicted octanol–water partition coefficient (Wildman–Crippen LogP) is 3.10. The molecule has 0 saturated carbocycles. The first-order valence-electron chi connectivity index (χ1n) is 9.03. The van der Waals surface area contributed by atoms with Gasteiger partial charge in [-0.2, -0.15) is 10.2 Å². The zero-order valence-corrected chi connectivity index (χ0v) is 15.8. The summed E-state index contributed by atoms with van der Waals surface area (Å²) in [5.41, 5.74) is -1.24. The van der Waals surface area contributed by atoms with E-state index in [0.29, 0.717) is 11.6 Å². The number of nitrogens with zero attached hydrogens (tertiary/aromatic N) is 6. The molecule has 0 spiro atoms. The van der Waals surface area contributed by atoms with Crippen molar-refractivity contribution in [2.45, 2.75) is 25.1 Å². The van der Waals surface area contributed by atoms with Crippen molar-refractivity contribution in [1.29, 1.82) is 0 Å². The third-order valence-electron chi connectivity index (χ3n) is 5.04. The molecule has 154 valence electrons. The number of rotatable bonds is 6. The number of benzene rings is 1. The number of hydrogen-bond acceptors (Lipinski definition) is 5. The number of halogens is 3. The summed E-state index contributed by atoms with van der Waals surface area (Å²) in [6.45, 7) is 1.45. The van der Waals surface area contributed by atoms with E-state index in [1.54, 1.807) is 6.92 Å². The van der Waals surface area contributed by atoms with Crippen molar-refractivity contribution in [3.05, 3.63) is 84.7 Å². The van der Waals surface area contributed by atoms with Crippen molar-refractivity contribution < 1.29 is 18.3 Å². The van der Waals surface area contributed by atoms with Gasteiger partial charge < -0.3 is 5.11 Å². The summed E-state index contributed by atoms with van der Waals surface area (Å²) in [6.07, 6.45) is 8.17. The van der Waals surface area contributed by atoms with Crippen molar-refractivity contribution >= 4 is 0 Å². The molecule has 0 radical (unpaired) electrons. The number of aliphatic hydroxyl groups is 1. The van der Waals surface area contributed by atoms with Crippen LogP contribution in [0.3, 0.4) is 0 Å². The van der Waals surface area contributed by atoms with Crippen molar-refractivity contribution in [2.24, 2.45) is 0 Å². The molecule has 7 nitrogen and oxygen atoms in total.